The number of amides is 1. The average Bonchev–Trinajstić information content (AvgIpc) is 2.91. The molecule has 4 nitrogen and oxygen atoms in total. The summed E-state index contributed by atoms with van der Waals surface area (Å²) in [6, 6.07) is 0.374. The molecule has 4 heteroatoms. The van der Waals surface area contributed by atoms with Crippen LogP contribution in [0.4, 0.5) is 0 Å². The van der Waals surface area contributed by atoms with Gasteiger partial charge in [-0.3, -0.25) is 4.79 Å². The van der Waals surface area contributed by atoms with Crippen LogP contribution in [0.5, 0.6) is 0 Å². The molecule has 1 aliphatic carbocycles. The van der Waals surface area contributed by atoms with Gasteiger partial charge in [-0.1, -0.05) is 0 Å². The van der Waals surface area contributed by atoms with E-state index < -0.39 is 0 Å². The predicted molar refractivity (Wildman–Crippen MR) is 77.9 cm³/mol. The Morgan fingerprint density at radius 2 is 1.84 bits per heavy atom. The highest BCUT2D eigenvalue weighted by Crippen LogP contribution is 2.26. The number of hydrogen-bond acceptors (Lipinski definition) is 3. The van der Waals surface area contributed by atoms with Crippen molar-refractivity contribution in [3.63, 3.8) is 0 Å². The van der Waals surface area contributed by atoms with Gasteiger partial charge < -0.3 is 15.5 Å². The highest BCUT2D eigenvalue weighted by Gasteiger charge is 2.22. The van der Waals surface area contributed by atoms with E-state index in [1.807, 2.05) is 11.9 Å². The van der Waals surface area contributed by atoms with Crippen molar-refractivity contribution in [2.45, 2.75) is 51.0 Å². The third-order valence-electron chi connectivity index (χ3n) is 4.73. The first-order valence-electron chi connectivity index (χ1n) is 7.87. The van der Waals surface area contributed by atoms with E-state index in [-0.39, 0.29) is 0 Å². The molecular weight excluding hydrogens is 238 g/mol. The summed E-state index contributed by atoms with van der Waals surface area (Å²) >= 11 is 0. The van der Waals surface area contributed by atoms with Gasteiger partial charge in [-0.25, -0.2) is 0 Å². The quantitative estimate of drug-likeness (QED) is 0.820. The summed E-state index contributed by atoms with van der Waals surface area (Å²) in [6.45, 7) is 4.34. The van der Waals surface area contributed by atoms with E-state index in [0.29, 0.717) is 17.9 Å². The predicted octanol–water partition coefficient (Wildman–Crippen LogP) is 1.45. The zero-order valence-corrected chi connectivity index (χ0v) is 12.3. The van der Waals surface area contributed by atoms with Crippen LogP contribution in [0.15, 0.2) is 0 Å². The van der Waals surface area contributed by atoms with Crippen molar-refractivity contribution in [1.29, 1.82) is 0 Å². The first-order chi connectivity index (χ1) is 9.15. The van der Waals surface area contributed by atoms with E-state index in [2.05, 4.69) is 4.90 Å². The van der Waals surface area contributed by atoms with E-state index in [1.165, 1.54) is 25.9 Å². The zero-order chi connectivity index (χ0) is 13.7. The molecule has 0 spiro atoms. The van der Waals surface area contributed by atoms with Gasteiger partial charge in [-0.2, -0.15) is 0 Å². The number of rotatable bonds is 5. The molecule has 1 amide bonds. The molecule has 110 valence electrons. The van der Waals surface area contributed by atoms with Crippen molar-refractivity contribution >= 4 is 5.91 Å². The first kappa shape index (κ1) is 14.8. The van der Waals surface area contributed by atoms with E-state index in [0.717, 1.165) is 45.2 Å². The summed E-state index contributed by atoms with van der Waals surface area (Å²) in [5.41, 5.74) is 5.90. The average molecular weight is 267 g/mol. The van der Waals surface area contributed by atoms with Gasteiger partial charge in [0.15, 0.2) is 0 Å². The number of carbonyl (C=O) groups excluding carboxylic acids is 1. The van der Waals surface area contributed by atoms with Crippen LogP contribution in [0.3, 0.4) is 0 Å². The maximum absolute atomic E-state index is 12.2. The van der Waals surface area contributed by atoms with Crippen molar-refractivity contribution in [2.24, 2.45) is 11.7 Å². The minimum atomic E-state index is 0.319. The number of likely N-dealkylation sites (tertiary alicyclic amines) is 1. The van der Waals surface area contributed by atoms with E-state index in [9.17, 15) is 4.79 Å². The molecule has 1 saturated heterocycles. The molecule has 0 bridgehead atoms. The molecular formula is C15H29N3O. The molecule has 2 fully saturated rings. The summed E-state index contributed by atoms with van der Waals surface area (Å²) < 4.78 is 0. The second-order valence-corrected chi connectivity index (χ2v) is 6.35. The molecule has 2 rings (SSSR count). The molecule has 0 aromatic carbocycles. The molecule has 2 N–H and O–H groups in total. The number of hydrogen-bond donors (Lipinski definition) is 1. The van der Waals surface area contributed by atoms with Crippen LogP contribution in [0.2, 0.25) is 0 Å². The van der Waals surface area contributed by atoms with Crippen LogP contribution in [0, 0.1) is 5.92 Å². The first-order valence-corrected chi connectivity index (χ1v) is 7.87. The lowest BCUT2D eigenvalue weighted by Crippen LogP contribution is -2.36. The summed E-state index contributed by atoms with van der Waals surface area (Å²) in [4.78, 5) is 16.6. The molecule has 0 aromatic heterocycles. The molecule has 1 saturated carbocycles. The molecule has 0 atom stereocenters. The number of carbonyl (C=O) groups is 1. The van der Waals surface area contributed by atoms with Crippen molar-refractivity contribution in [2.75, 3.05) is 33.2 Å². The lowest BCUT2D eigenvalue weighted by molar-refractivity contribution is -0.131. The Balaban J connectivity index is 1.64. The highest BCUT2D eigenvalue weighted by atomic mass is 16.2. The minimum Gasteiger partial charge on any atom is -0.344 e. The van der Waals surface area contributed by atoms with Gasteiger partial charge in [0, 0.05) is 32.6 Å². The van der Waals surface area contributed by atoms with Crippen molar-refractivity contribution in [1.82, 2.24) is 9.80 Å². The smallest absolute Gasteiger partial charge is 0.222 e. The fraction of sp³-hybridized carbons (Fsp3) is 0.933. The van der Waals surface area contributed by atoms with E-state index >= 15 is 0 Å². The SMILES string of the molecule is CN(CCN1CCCC1)C(=O)CC1CCC(N)CC1. The normalized spacial score (nSPS) is 28.5. The van der Waals surface area contributed by atoms with E-state index in [4.69, 9.17) is 5.73 Å². The number of nitrogens with two attached hydrogens (primary N) is 1. The van der Waals surface area contributed by atoms with Crippen LogP contribution in [0.25, 0.3) is 0 Å². The number of likely N-dealkylation sites (N-methyl/N-ethyl adjacent to an activating group) is 1. The van der Waals surface area contributed by atoms with Gasteiger partial charge >= 0.3 is 0 Å². The maximum atomic E-state index is 12.2. The molecule has 0 aromatic rings. The molecule has 0 radical (unpaired) electrons. The van der Waals surface area contributed by atoms with Gasteiger partial charge in [0.05, 0.1) is 0 Å². The fourth-order valence-electron chi connectivity index (χ4n) is 3.22. The molecule has 2 aliphatic rings. The van der Waals surface area contributed by atoms with Crippen LogP contribution in [-0.4, -0.2) is 55.0 Å². The molecule has 1 heterocycles. The minimum absolute atomic E-state index is 0.319. The van der Waals surface area contributed by atoms with Gasteiger partial charge in [0.2, 0.25) is 5.91 Å². The second-order valence-electron chi connectivity index (χ2n) is 6.35. The van der Waals surface area contributed by atoms with Crippen LogP contribution in [0.1, 0.15) is 44.9 Å². The third-order valence-corrected chi connectivity index (χ3v) is 4.73. The highest BCUT2D eigenvalue weighted by molar-refractivity contribution is 5.76. The van der Waals surface area contributed by atoms with Crippen molar-refractivity contribution < 1.29 is 4.79 Å². The summed E-state index contributed by atoms with van der Waals surface area (Å²) in [6.07, 6.45) is 7.81. The van der Waals surface area contributed by atoms with Gasteiger partial charge in [-0.15, -0.1) is 0 Å². The zero-order valence-electron chi connectivity index (χ0n) is 12.3. The maximum Gasteiger partial charge on any atom is 0.222 e. The van der Waals surface area contributed by atoms with Crippen molar-refractivity contribution in [3.8, 4) is 0 Å². The summed E-state index contributed by atoms with van der Waals surface area (Å²) in [7, 11) is 1.95. The molecule has 1 aliphatic heterocycles. The van der Waals surface area contributed by atoms with Crippen molar-refractivity contribution in [3.05, 3.63) is 0 Å². The standard InChI is InChI=1S/C15H29N3O/c1-17(10-11-18-8-2-3-9-18)15(19)12-13-4-6-14(16)7-5-13/h13-14H,2-12,16H2,1H3. The Morgan fingerprint density at radius 3 is 2.47 bits per heavy atom. The van der Waals surface area contributed by atoms with E-state index in [1.54, 1.807) is 0 Å². The topological polar surface area (TPSA) is 49.6 Å². The van der Waals surface area contributed by atoms with Crippen LogP contribution >= 0.6 is 0 Å². The monoisotopic (exact) mass is 267 g/mol. The Hall–Kier alpha value is -0.610. The second kappa shape index (κ2) is 7.25. The Morgan fingerprint density at radius 1 is 1.21 bits per heavy atom. The van der Waals surface area contributed by atoms with Gasteiger partial charge in [0.1, 0.15) is 0 Å². The Bertz CT molecular complexity index is 281. The molecule has 0 unspecified atom stereocenters. The molecule has 19 heavy (non-hydrogen) atoms. The Labute approximate surface area is 117 Å². The number of nitrogens with zero attached hydrogens (tertiary/aromatic N) is 2. The van der Waals surface area contributed by atoms with Crippen LogP contribution < -0.4 is 5.73 Å². The largest absolute Gasteiger partial charge is 0.344 e. The van der Waals surface area contributed by atoms with Gasteiger partial charge in [0.25, 0.3) is 0 Å². The lowest BCUT2D eigenvalue weighted by Gasteiger charge is -2.28. The Kier molecular flexibility index (Phi) is 5.64. The third kappa shape index (κ3) is 4.77. The lowest BCUT2D eigenvalue weighted by atomic mass is 9.84. The fourth-order valence-corrected chi connectivity index (χ4v) is 3.22. The van der Waals surface area contributed by atoms with Crippen LogP contribution in [-0.2, 0) is 4.79 Å². The summed E-state index contributed by atoms with van der Waals surface area (Å²) in [5.74, 6) is 0.890. The summed E-state index contributed by atoms with van der Waals surface area (Å²) in [5, 5.41) is 0. The van der Waals surface area contributed by atoms with Gasteiger partial charge in [-0.05, 0) is 57.5 Å².